The number of benzene rings is 3. The van der Waals surface area contributed by atoms with E-state index in [-0.39, 0.29) is 6.07 Å². The van der Waals surface area contributed by atoms with E-state index in [1.165, 1.54) is 0 Å². The normalized spacial score (nSPS) is 14.7. The predicted octanol–water partition coefficient (Wildman–Crippen LogP) is 7.42. The van der Waals surface area contributed by atoms with E-state index >= 15 is 0 Å². The van der Waals surface area contributed by atoms with Gasteiger partial charge in [0.15, 0.2) is 0 Å². The maximum Gasteiger partial charge on any atom is 0.416 e. The molecule has 6 nitrogen and oxygen atoms in total. The van der Waals surface area contributed by atoms with Crippen molar-refractivity contribution in [1.82, 2.24) is 9.88 Å². The number of hydrogen-bond donors (Lipinski definition) is 2. The maximum absolute atomic E-state index is 13.2. The molecule has 2 amide bonds. The van der Waals surface area contributed by atoms with Crippen molar-refractivity contribution < 1.29 is 35.9 Å². The number of ether oxygens (including phenoxy) is 1. The number of amides is 2. The number of alkyl halides is 6. The number of morpholine rings is 1. The lowest BCUT2D eigenvalue weighted by Crippen LogP contribution is -2.35. The molecule has 1 fully saturated rings. The van der Waals surface area contributed by atoms with E-state index in [0.717, 1.165) is 35.3 Å². The molecule has 1 aromatic heterocycles. The summed E-state index contributed by atoms with van der Waals surface area (Å²) >= 11 is 0. The molecule has 0 spiro atoms. The molecule has 0 atom stereocenters. The number of nitrogens with zero attached hydrogens (tertiary/aromatic N) is 2. The summed E-state index contributed by atoms with van der Waals surface area (Å²) in [7, 11) is 0. The predicted molar refractivity (Wildman–Crippen MR) is 142 cm³/mol. The average Bonchev–Trinajstić information content (AvgIpc) is 2.93. The molecule has 0 aliphatic carbocycles. The van der Waals surface area contributed by atoms with Crippen molar-refractivity contribution in [2.24, 2.45) is 0 Å². The largest absolute Gasteiger partial charge is 0.416 e. The second-order valence-corrected chi connectivity index (χ2v) is 9.51. The van der Waals surface area contributed by atoms with Crippen LogP contribution < -0.4 is 10.6 Å². The number of carbonyl (C=O) groups is 1. The molecule has 214 valence electrons. The van der Waals surface area contributed by atoms with Gasteiger partial charge in [0.25, 0.3) is 0 Å². The van der Waals surface area contributed by atoms with Crippen LogP contribution in [0.4, 0.5) is 42.5 Å². The maximum atomic E-state index is 13.2. The van der Waals surface area contributed by atoms with E-state index in [9.17, 15) is 31.1 Å². The molecule has 1 aliphatic rings. The first-order valence-corrected chi connectivity index (χ1v) is 12.6. The molecule has 0 bridgehead atoms. The minimum atomic E-state index is -5.03. The van der Waals surface area contributed by atoms with Crippen molar-refractivity contribution in [2.45, 2.75) is 18.9 Å². The summed E-state index contributed by atoms with van der Waals surface area (Å²) in [6.07, 6.45) is -8.30. The summed E-state index contributed by atoms with van der Waals surface area (Å²) in [4.78, 5) is 19.6. The third-order valence-electron chi connectivity index (χ3n) is 6.64. The number of halogens is 6. The Kier molecular flexibility index (Phi) is 7.87. The average molecular weight is 575 g/mol. The second-order valence-electron chi connectivity index (χ2n) is 9.51. The lowest BCUT2D eigenvalue weighted by atomic mass is 9.98. The molecular formula is C29H24F6N4O2. The number of anilines is 2. The van der Waals surface area contributed by atoms with Gasteiger partial charge in [0.05, 0.1) is 35.7 Å². The van der Waals surface area contributed by atoms with Crippen molar-refractivity contribution in [3.63, 3.8) is 0 Å². The summed E-state index contributed by atoms with van der Waals surface area (Å²) in [6, 6.07) is 14.4. The van der Waals surface area contributed by atoms with Gasteiger partial charge in [-0.2, -0.15) is 26.3 Å². The smallest absolute Gasteiger partial charge is 0.379 e. The molecule has 0 unspecified atom stereocenters. The third kappa shape index (κ3) is 6.77. The van der Waals surface area contributed by atoms with E-state index in [1.54, 1.807) is 30.5 Å². The number of urea groups is 1. The van der Waals surface area contributed by atoms with Crippen LogP contribution in [0, 0.1) is 0 Å². The Morgan fingerprint density at radius 1 is 0.829 bits per heavy atom. The van der Waals surface area contributed by atoms with Gasteiger partial charge in [0, 0.05) is 42.5 Å². The molecule has 4 aromatic rings. The molecule has 3 aromatic carbocycles. The van der Waals surface area contributed by atoms with Crippen molar-refractivity contribution in [3.8, 4) is 11.1 Å². The molecule has 0 saturated carbocycles. The SMILES string of the molecule is O=C(Nc1cc(C(F)(F)F)cc(C(F)(F)F)c1)Nc1ccc(-c2ccc(CN3CCOCC3)nc2)c2ccccc12. The molecule has 41 heavy (non-hydrogen) atoms. The highest BCUT2D eigenvalue weighted by atomic mass is 19.4. The van der Waals surface area contributed by atoms with Gasteiger partial charge in [-0.1, -0.05) is 36.4 Å². The standard InChI is InChI=1S/C29H24F6N4O2/c30-28(31,32)19-13-20(29(33,34)35)15-22(14-19)37-27(40)38-26-8-7-23(24-3-1-2-4-25(24)26)18-5-6-21(36-16-18)17-39-9-11-41-12-10-39/h1-8,13-16H,9-12,17H2,(H2,37,38,40). The first kappa shape index (κ1) is 28.4. The topological polar surface area (TPSA) is 66.5 Å². The minimum absolute atomic E-state index is 0.000653. The van der Waals surface area contributed by atoms with Crippen LogP contribution in [0.5, 0.6) is 0 Å². The first-order chi connectivity index (χ1) is 19.5. The number of hydrogen-bond acceptors (Lipinski definition) is 4. The summed E-state index contributed by atoms with van der Waals surface area (Å²) in [6.45, 7) is 3.77. The van der Waals surface area contributed by atoms with Crippen LogP contribution in [0.15, 0.2) is 72.9 Å². The lowest BCUT2D eigenvalue weighted by Gasteiger charge is -2.26. The number of aromatic nitrogens is 1. The Morgan fingerprint density at radius 3 is 2.10 bits per heavy atom. The van der Waals surface area contributed by atoms with Crippen LogP contribution >= 0.6 is 0 Å². The number of rotatable bonds is 5. The second kappa shape index (κ2) is 11.4. The highest BCUT2D eigenvalue weighted by Gasteiger charge is 2.37. The lowest BCUT2D eigenvalue weighted by molar-refractivity contribution is -0.143. The van der Waals surface area contributed by atoms with E-state index in [4.69, 9.17) is 4.74 Å². The van der Waals surface area contributed by atoms with Crippen LogP contribution in [0.3, 0.4) is 0 Å². The Morgan fingerprint density at radius 2 is 1.49 bits per heavy atom. The molecule has 1 saturated heterocycles. The Labute approximate surface area is 230 Å². The molecule has 0 radical (unpaired) electrons. The van der Waals surface area contributed by atoms with Crippen LogP contribution in [-0.2, 0) is 23.6 Å². The van der Waals surface area contributed by atoms with Gasteiger partial charge in [-0.25, -0.2) is 4.79 Å². The van der Waals surface area contributed by atoms with Gasteiger partial charge in [0.1, 0.15) is 0 Å². The van der Waals surface area contributed by atoms with Crippen molar-refractivity contribution in [1.29, 1.82) is 0 Å². The number of fused-ring (bicyclic) bond motifs is 1. The van der Waals surface area contributed by atoms with E-state index in [0.29, 0.717) is 43.0 Å². The fraction of sp³-hybridized carbons (Fsp3) is 0.241. The molecule has 12 heteroatoms. The van der Waals surface area contributed by atoms with Crippen LogP contribution in [-0.4, -0.2) is 42.2 Å². The summed E-state index contributed by atoms with van der Waals surface area (Å²) in [5.74, 6) is 0. The summed E-state index contributed by atoms with van der Waals surface area (Å²) in [5.41, 5.74) is -0.783. The van der Waals surface area contributed by atoms with E-state index < -0.39 is 35.2 Å². The Balaban J connectivity index is 1.37. The zero-order valence-corrected chi connectivity index (χ0v) is 21.4. The van der Waals surface area contributed by atoms with Crippen molar-refractivity contribution in [3.05, 3.63) is 89.7 Å². The van der Waals surface area contributed by atoms with Gasteiger partial charge in [-0.15, -0.1) is 0 Å². The van der Waals surface area contributed by atoms with Gasteiger partial charge in [-0.05, 0) is 41.3 Å². The molecule has 5 rings (SSSR count). The van der Waals surface area contributed by atoms with Crippen molar-refractivity contribution >= 4 is 28.2 Å². The fourth-order valence-corrected chi connectivity index (χ4v) is 4.64. The highest BCUT2D eigenvalue weighted by molar-refractivity contribution is 6.09. The zero-order chi connectivity index (χ0) is 29.2. The Hall–Kier alpha value is -4.16. The zero-order valence-electron chi connectivity index (χ0n) is 21.4. The number of pyridine rings is 1. The van der Waals surface area contributed by atoms with Gasteiger partial charge >= 0.3 is 18.4 Å². The van der Waals surface area contributed by atoms with Crippen LogP contribution in [0.2, 0.25) is 0 Å². The summed E-state index contributed by atoms with van der Waals surface area (Å²) < 4.78 is 84.5. The minimum Gasteiger partial charge on any atom is -0.379 e. The first-order valence-electron chi connectivity index (χ1n) is 12.6. The van der Waals surface area contributed by atoms with E-state index in [2.05, 4.69) is 20.5 Å². The Bertz CT molecular complexity index is 1520. The van der Waals surface area contributed by atoms with Gasteiger partial charge < -0.3 is 15.4 Å². The number of nitrogens with one attached hydrogen (secondary N) is 2. The third-order valence-corrected chi connectivity index (χ3v) is 6.64. The molecular weight excluding hydrogens is 550 g/mol. The molecule has 2 N–H and O–H groups in total. The van der Waals surface area contributed by atoms with Gasteiger partial charge in [0.2, 0.25) is 0 Å². The van der Waals surface area contributed by atoms with Gasteiger partial charge in [-0.3, -0.25) is 9.88 Å². The van der Waals surface area contributed by atoms with Crippen LogP contribution in [0.25, 0.3) is 21.9 Å². The van der Waals surface area contributed by atoms with E-state index in [1.807, 2.05) is 24.3 Å². The molecule has 1 aliphatic heterocycles. The molecule has 2 heterocycles. The fourth-order valence-electron chi connectivity index (χ4n) is 4.64. The van der Waals surface area contributed by atoms with Crippen LogP contribution in [0.1, 0.15) is 16.8 Å². The number of carbonyl (C=O) groups excluding carboxylic acids is 1. The highest BCUT2D eigenvalue weighted by Crippen LogP contribution is 2.38. The van der Waals surface area contributed by atoms with Crippen molar-refractivity contribution in [2.75, 3.05) is 36.9 Å². The quantitative estimate of drug-likeness (QED) is 0.244. The monoisotopic (exact) mass is 574 g/mol. The summed E-state index contributed by atoms with van der Waals surface area (Å²) in [5, 5.41) is 6.03.